The summed E-state index contributed by atoms with van der Waals surface area (Å²) in [5.41, 5.74) is 1.29. The van der Waals surface area contributed by atoms with Crippen LogP contribution in [0.15, 0.2) is 77.7 Å². The summed E-state index contributed by atoms with van der Waals surface area (Å²) in [7, 11) is -4.09. The number of hydrogen-bond donors (Lipinski definition) is 4. The Kier molecular flexibility index (Phi) is 6.03. The molecule has 0 unspecified atom stereocenters. The molecule has 30 heavy (non-hydrogen) atoms. The number of sulfonamides is 1. The predicted molar refractivity (Wildman–Crippen MR) is 114 cm³/mol. The van der Waals surface area contributed by atoms with E-state index in [1.54, 1.807) is 49.4 Å². The van der Waals surface area contributed by atoms with Gasteiger partial charge in [0.1, 0.15) is 0 Å². The molecule has 0 saturated carbocycles. The molecule has 9 heteroatoms. The number of rotatable bonds is 6. The number of carboxylic acid groups (broad SMARTS) is 1. The average molecular weight is 425 g/mol. The number of para-hydroxylation sites is 3. The monoisotopic (exact) mass is 425 g/mol. The van der Waals surface area contributed by atoms with E-state index in [2.05, 4.69) is 15.4 Å². The molecule has 3 aromatic rings. The van der Waals surface area contributed by atoms with Crippen LogP contribution < -0.4 is 15.4 Å². The van der Waals surface area contributed by atoms with Crippen molar-refractivity contribution in [1.29, 1.82) is 0 Å². The Balaban J connectivity index is 1.83. The number of urea groups is 1. The minimum absolute atomic E-state index is 0.105. The number of aryl methyl sites for hydroxylation is 1. The van der Waals surface area contributed by atoms with E-state index in [0.717, 1.165) is 6.07 Å². The summed E-state index contributed by atoms with van der Waals surface area (Å²) in [4.78, 5) is 23.4. The first-order valence-corrected chi connectivity index (χ1v) is 10.3. The third-order valence-corrected chi connectivity index (χ3v) is 5.56. The average Bonchev–Trinajstić information content (AvgIpc) is 2.70. The second kappa shape index (κ2) is 8.66. The quantitative estimate of drug-likeness (QED) is 0.472. The molecule has 0 saturated heterocycles. The number of amides is 2. The van der Waals surface area contributed by atoms with Crippen molar-refractivity contribution in [3.8, 4) is 0 Å². The molecule has 3 rings (SSSR count). The van der Waals surface area contributed by atoms with E-state index in [9.17, 15) is 23.1 Å². The lowest BCUT2D eigenvalue weighted by atomic mass is 10.1. The Morgan fingerprint density at radius 3 is 2.13 bits per heavy atom. The number of nitrogens with one attached hydrogen (secondary N) is 3. The zero-order valence-electron chi connectivity index (χ0n) is 15.9. The summed E-state index contributed by atoms with van der Waals surface area (Å²) in [6, 6.07) is 18.4. The van der Waals surface area contributed by atoms with Crippen molar-refractivity contribution in [2.75, 3.05) is 15.4 Å². The van der Waals surface area contributed by atoms with Gasteiger partial charge < -0.3 is 15.7 Å². The van der Waals surface area contributed by atoms with E-state index in [-0.39, 0.29) is 21.8 Å². The summed E-state index contributed by atoms with van der Waals surface area (Å²) in [6.07, 6.45) is 0. The normalized spacial score (nSPS) is 10.8. The lowest BCUT2D eigenvalue weighted by Gasteiger charge is -2.14. The van der Waals surface area contributed by atoms with Gasteiger partial charge in [0.05, 0.1) is 21.8 Å². The van der Waals surface area contributed by atoms with Gasteiger partial charge in [0.15, 0.2) is 0 Å². The fourth-order valence-electron chi connectivity index (χ4n) is 2.69. The summed E-state index contributed by atoms with van der Waals surface area (Å²) >= 11 is 0. The van der Waals surface area contributed by atoms with Crippen LogP contribution in [0.5, 0.6) is 0 Å². The van der Waals surface area contributed by atoms with Crippen molar-refractivity contribution in [2.24, 2.45) is 0 Å². The highest BCUT2D eigenvalue weighted by Crippen LogP contribution is 2.25. The molecular formula is C21H19N3O5S. The first kappa shape index (κ1) is 20.9. The highest BCUT2D eigenvalue weighted by Gasteiger charge is 2.19. The SMILES string of the molecule is Cc1ccc(S(=O)(=O)Nc2ccccc2NC(=O)Nc2ccccc2)cc1C(=O)O. The molecule has 3 aromatic carbocycles. The predicted octanol–water partition coefficient (Wildman–Crippen LogP) is 4.14. The maximum atomic E-state index is 12.8. The highest BCUT2D eigenvalue weighted by molar-refractivity contribution is 7.92. The lowest BCUT2D eigenvalue weighted by Crippen LogP contribution is -2.21. The fourth-order valence-corrected chi connectivity index (χ4v) is 3.80. The van der Waals surface area contributed by atoms with Gasteiger partial charge in [-0.3, -0.25) is 4.72 Å². The smallest absolute Gasteiger partial charge is 0.335 e. The van der Waals surface area contributed by atoms with Crippen LogP contribution in [0.4, 0.5) is 21.9 Å². The molecule has 8 nitrogen and oxygen atoms in total. The Labute approximate surface area is 173 Å². The molecule has 0 heterocycles. The van der Waals surface area contributed by atoms with E-state index < -0.39 is 22.0 Å². The van der Waals surface area contributed by atoms with Gasteiger partial charge in [-0.05, 0) is 48.9 Å². The van der Waals surface area contributed by atoms with Crippen molar-refractivity contribution in [3.63, 3.8) is 0 Å². The number of aromatic carboxylic acids is 1. The largest absolute Gasteiger partial charge is 0.478 e. The van der Waals surface area contributed by atoms with Crippen molar-refractivity contribution in [3.05, 3.63) is 83.9 Å². The van der Waals surface area contributed by atoms with Crippen LogP contribution in [0.2, 0.25) is 0 Å². The summed E-state index contributed by atoms with van der Waals surface area (Å²) < 4.78 is 28.0. The molecule has 0 spiro atoms. The topological polar surface area (TPSA) is 125 Å². The molecule has 2 amide bonds. The zero-order valence-corrected chi connectivity index (χ0v) is 16.7. The van der Waals surface area contributed by atoms with E-state index in [1.807, 2.05) is 6.07 Å². The second-order valence-corrected chi connectivity index (χ2v) is 8.06. The number of anilines is 3. The Morgan fingerprint density at radius 2 is 1.47 bits per heavy atom. The van der Waals surface area contributed by atoms with Gasteiger partial charge in [0.2, 0.25) is 0 Å². The van der Waals surface area contributed by atoms with Crippen LogP contribution in [0.1, 0.15) is 15.9 Å². The van der Waals surface area contributed by atoms with Crippen LogP contribution in [-0.4, -0.2) is 25.5 Å². The van der Waals surface area contributed by atoms with Crippen molar-refractivity contribution < 1.29 is 23.1 Å². The molecule has 154 valence electrons. The van der Waals surface area contributed by atoms with Gasteiger partial charge in [0, 0.05) is 5.69 Å². The molecule has 4 N–H and O–H groups in total. The van der Waals surface area contributed by atoms with Gasteiger partial charge >= 0.3 is 12.0 Å². The van der Waals surface area contributed by atoms with Gasteiger partial charge in [-0.25, -0.2) is 18.0 Å². The van der Waals surface area contributed by atoms with Crippen LogP contribution in [0.3, 0.4) is 0 Å². The first-order chi connectivity index (χ1) is 14.3. The zero-order chi connectivity index (χ0) is 21.7. The Morgan fingerprint density at radius 1 is 0.833 bits per heavy atom. The summed E-state index contributed by atoms with van der Waals surface area (Å²) in [5, 5.41) is 14.5. The fraction of sp³-hybridized carbons (Fsp3) is 0.0476. The number of benzene rings is 3. The minimum atomic E-state index is -4.09. The highest BCUT2D eigenvalue weighted by atomic mass is 32.2. The van der Waals surface area contributed by atoms with Crippen LogP contribution >= 0.6 is 0 Å². The van der Waals surface area contributed by atoms with Gasteiger partial charge in [-0.2, -0.15) is 0 Å². The lowest BCUT2D eigenvalue weighted by molar-refractivity contribution is 0.0696. The van der Waals surface area contributed by atoms with Gasteiger partial charge in [-0.15, -0.1) is 0 Å². The summed E-state index contributed by atoms with van der Waals surface area (Å²) in [5.74, 6) is -1.22. The number of carbonyl (C=O) groups is 2. The number of hydrogen-bond acceptors (Lipinski definition) is 4. The molecule has 0 atom stereocenters. The van der Waals surface area contributed by atoms with Crippen LogP contribution in [0, 0.1) is 6.92 Å². The maximum Gasteiger partial charge on any atom is 0.335 e. The molecule has 0 bridgehead atoms. The van der Waals surface area contributed by atoms with Crippen LogP contribution in [0.25, 0.3) is 0 Å². The van der Waals surface area contributed by atoms with Gasteiger partial charge in [0.25, 0.3) is 10.0 Å². The molecule has 0 radical (unpaired) electrons. The molecule has 0 aromatic heterocycles. The number of carboxylic acids is 1. The second-order valence-electron chi connectivity index (χ2n) is 6.38. The van der Waals surface area contributed by atoms with E-state index in [1.165, 1.54) is 18.2 Å². The standard InChI is InChI=1S/C21H19N3O5S/c1-14-11-12-16(13-17(14)20(25)26)30(28,29)24-19-10-6-5-9-18(19)23-21(27)22-15-7-3-2-4-8-15/h2-13,24H,1H3,(H,25,26)(H2,22,23,27). The maximum absolute atomic E-state index is 12.8. The van der Waals surface area contributed by atoms with Crippen molar-refractivity contribution >= 4 is 39.1 Å². The minimum Gasteiger partial charge on any atom is -0.478 e. The van der Waals surface area contributed by atoms with E-state index in [0.29, 0.717) is 11.3 Å². The van der Waals surface area contributed by atoms with Gasteiger partial charge in [-0.1, -0.05) is 36.4 Å². The van der Waals surface area contributed by atoms with Crippen LogP contribution in [-0.2, 0) is 10.0 Å². The van der Waals surface area contributed by atoms with Crippen molar-refractivity contribution in [2.45, 2.75) is 11.8 Å². The first-order valence-electron chi connectivity index (χ1n) is 8.85. The number of carbonyl (C=O) groups excluding carboxylic acids is 1. The Hall–Kier alpha value is -3.85. The summed E-state index contributed by atoms with van der Waals surface area (Å²) in [6.45, 7) is 1.58. The van der Waals surface area contributed by atoms with E-state index in [4.69, 9.17) is 0 Å². The molecular weight excluding hydrogens is 406 g/mol. The molecule has 0 aliphatic heterocycles. The van der Waals surface area contributed by atoms with Crippen molar-refractivity contribution in [1.82, 2.24) is 0 Å². The molecule has 0 aliphatic carbocycles. The third kappa shape index (κ3) is 4.95. The molecule has 0 aliphatic rings. The Bertz CT molecular complexity index is 1190. The molecule has 0 fully saturated rings. The van der Waals surface area contributed by atoms with E-state index >= 15 is 0 Å². The third-order valence-electron chi connectivity index (χ3n) is 4.20.